The molecule has 2 N–H and O–H groups in total. The van der Waals surface area contributed by atoms with Gasteiger partial charge in [0, 0.05) is 0 Å². The van der Waals surface area contributed by atoms with Crippen LogP contribution < -0.4 is 5.73 Å². The lowest BCUT2D eigenvalue weighted by molar-refractivity contribution is 0.747. The largest absolute Gasteiger partial charge is 0.330 e. The first-order valence-electron chi connectivity index (χ1n) is 3.99. The van der Waals surface area contributed by atoms with Crippen LogP contribution in [-0.2, 0) is 0 Å². The zero-order chi connectivity index (χ0) is 7.23. The van der Waals surface area contributed by atoms with Crippen LogP contribution in [0.2, 0.25) is 0 Å². The minimum atomic E-state index is 0.830. The van der Waals surface area contributed by atoms with E-state index in [0.717, 1.165) is 19.4 Å². The second-order valence-electron chi connectivity index (χ2n) is 2.66. The predicted octanol–water partition coefficient (Wildman–Crippen LogP) is 2.00. The van der Waals surface area contributed by atoms with Crippen molar-refractivity contribution in [2.24, 2.45) is 5.73 Å². The van der Waals surface area contributed by atoms with Crippen molar-refractivity contribution in [3.63, 3.8) is 0 Å². The van der Waals surface area contributed by atoms with E-state index in [2.05, 4.69) is 18.2 Å². The van der Waals surface area contributed by atoms with E-state index in [-0.39, 0.29) is 0 Å². The van der Waals surface area contributed by atoms with Crippen LogP contribution in [0.1, 0.15) is 25.7 Å². The standard InChI is InChI=1S/C9H15N/c10-8-4-3-7-9-5-1-2-6-9/h1,5-6H,2-4,7-8,10H2. The number of hydrogen-bond acceptors (Lipinski definition) is 1. The highest BCUT2D eigenvalue weighted by Gasteiger charge is 1.95. The lowest BCUT2D eigenvalue weighted by Crippen LogP contribution is -1.97. The first kappa shape index (κ1) is 7.55. The van der Waals surface area contributed by atoms with Crippen molar-refractivity contribution in [3.8, 4) is 0 Å². The average Bonchev–Trinajstić information content (AvgIpc) is 2.41. The van der Waals surface area contributed by atoms with E-state index in [0.29, 0.717) is 0 Å². The smallest absolute Gasteiger partial charge is 0.00772 e. The molecule has 0 fully saturated rings. The molecule has 0 spiro atoms. The van der Waals surface area contributed by atoms with Gasteiger partial charge in [-0.05, 0) is 32.2 Å². The van der Waals surface area contributed by atoms with E-state index < -0.39 is 0 Å². The monoisotopic (exact) mass is 137 g/mol. The number of nitrogens with two attached hydrogens (primary N) is 1. The van der Waals surface area contributed by atoms with E-state index in [1.807, 2.05) is 0 Å². The molecule has 0 aromatic rings. The van der Waals surface area contributed by atoms with Gasteiger partial charge in [-0.25, -0.2) is 0 Å². The van der Waals surface area contributed by atoms with Crippen LogP contribution in [0.4, 0.5) is 0 Å². The molecule has 0 heterocycles. The second kappa shape index (κ2) is 4.29. The maximum absolute atomic E-state index is 5.38. The molecule has 0 atom stereocenters. The van der Waals surface area contributed by atoms with Gasteiger partial charge in [0.25, 0.3) is 0 Å². The molecule has 0 bridgehead atoms. The van der Waals surface area contributed by atoms with E-state index in [4.69, 9.17) is 5.73 Å². The van der Waals surface area contributed by atoms with Crippen molar-refractivity contribution in [1.82, 2.24) is 0 Å². The molecule has 1 heteroatoms. The van der Waals surface area contributed by atoms with Gasteiger partial charge in [0.1, 0.15) is 0 Å². The van der Waals surface area contributed by atoms with Crippen molar-refractivity contribution in [2.45, 2.75) is 25.7 Å². The Labute approximate surface area is 62.6 Å². The highest BCUT2D eigenvalue weighted by molar-refractivity contribution is 5.25. The van der Waals surface area contributed by atoms with Crippen molar-refractivity contribution >= 4 is 0 Å². The molecule has 0 aliphatic heterocycles. The van der Waals surface area contributed by atoms with Crippen LogP contribution in [0.3, 0.4) is 0 Å². The summed E-state index contributed by atoms with van der Waals surface area (Å²) in [5.74, 6) is 0. The Bertz CT molecular complexity index is 145. The van der Waals surface area contributed by atoms with Crippen LogP contribution in [0.5, 0.6) is 0 Å². The summed E-state index contributed by atoms with van der Waals surface area (Å²) >= 11 is 0. The molecule has 1 nitrogen and oxygen atoms in total. The molecule has 0 saturated carbocycles. The maximum Gasteiger partial charge on any atom is -0.00772 e. The zero-order valence-electron chi connectivity index (χ0n) is 6.34. The van der Waals surface area contributed by atoms with Gasteiger partial charge in [0.05, 0.1) is 0 Å². The minimum Gasteiger partial charge on any atom is -0.330 e. The first-order chi connectivity index (χ1) is 4.93. The third kappa shape index (κ3) is 2.36. The minimum absolute atomic E-state index is 0.830. The normalized spacial score (nSPS) is 15.9. The summed E-state index contributed by atoms with van der Waals surface area (Å²) in [7, 11) is 0. The Kier molecular flexibility index (Phi) is 3.23. The molecule has 10 heavy (non-hydrogen) atoms. The highest BCUT2D eigenvalue weighted by atomic mass is 14.5. The second-order valence-corrected chi connectivity index (χ2v) is 2.66. The van der Waals surface area contributed by atoms with Crippen LogP contribution in [0, 0.1) is 0 Å². The third-order valence-corrected chi connectivity index (χ3v) is 1.77. The summed E-state index contributed by atoms with van der Waals surface area (Å²) in [4.78, 5) is 0. The molecular formula is C9H15N. The fourth-order valence-electron chi connectivity index (χ4n) is 1.17. The van der Waals surface area contributed by atoms with Crippen LogP contribution in [0.25, 0.3) is 0 Å². The molecule has 0 saturated heterocycles. The van der Waals surface area contributed by atoms with Gasteiger partial charge in [-0.3, -0.25) is 0 Å². The molecule has 1 aliphatic carbocycles. The van der Waals surface area contributed by atoms with Gasteiger partial charge >= 0.3 is 0 Å². The molecule has 0 amide bonds. The maximum atomic E-state index is 5.38. The Morgan fingerprint density at radius 2 is 2.30 bits per heavy atom. The highest BCUT2D eigenvalue weighted by Crippen LogP contribution is 2.14. The number of unbranched alkanes of at least 4 members (excludes halogenated alkanes) is 1. The van der Waals surface area contributed by atoms with Crippen LogP contribution in [-0.4, -0.2) is 6.54 Å². The topological polar surface area (TPSA) is 26.0 Å². The lowest BCUT2D eigenvalue weighted by atomic mass is 10.1. The quantitative estimate of drug-likeness (QED) is 0.589. The molecular weight excluding hydrogens is 122 g/mol. The van der Waals surface area contributed by atoms with Gasteiger partial charge in [-0.2, -0.15) is 0 Å². The van der Waals surface area contributed by atoms with Crippen molar-refractivity contribution in [1.29, 1.82) is 0 Å². The van der Waals surface area contributed by atoms with Crippen molar-refractivity contribution in [2.75, 3.05) is 6.54 Å². The average molecular weight is 137 g/mol. The van der Waals surface area contributed by atoms with Crippen LogP contribution >= 0.6 is 0 Å². The Balaban J connectivity index is 2.08. The fraction of sp³-hybridized carbons (Fsp3) is 0.556. The number of rotatable bonds is 4. The lowest BCUT2D eigenvalue weighted by Gasteiger charge is -1.96. The Morgan fingerprint density at radius 1 is 1.40 bits per heavy atom. The molecule has 1 aliphatic rings. The molecule has 56 valence electrons. The first-order valence-corrected chi connectivity index (χ1v) is 3.99. The van der Waals surface area contributed by atoms with E-state index in [1.165, 1.54) is 18.4 Å². The van der Waals surface area contributed by atoms with Crippen molar-refractivity contribution in [3.05, 3.63) is 23.8 Å². The molecule has 0 unspecified atom stereocenters. The van der Waals surface area contributed by atoms with Gasteiger partial charge in [0.2, 0.25) is 0 Å². The van der Waals surface area contributed by atoms with Gasteiger partial charge in [0.15, 0.2) is 0 Å². The zero-order valence-corrected chi connectivity index (χ0v) is 6.34. The predicted molar refractivity (Wildman–Crippen MR) is 44.7 cm³/mol. The Hall–Kier alpha value is -0.560. The SMILES string of the molecule is NCCCCC1=CCC=C1. The van der Waals surface area contributed by atoms with E-state index >= 15 is 0 Å². The van der Waals surface area contributed by atoms with Crippen LogP contribution in [0.15, 0.2) is 23.8 Å². The number of hydrogen-bond donors (Lipinski definition) is 1. The van der Waals surface area contributed by atoms with Gasteiger partial charge < -0.3 is 5.73 Å². The number of allylic oxidation sites excluding steroid dienone is 4. The fourth-order valence-corrected chi connectivity index (χ4v) is 1.17. The van der Waals surface area contributed by atoms with Gasteiger partial charge in [-0.1, -0.05) is 23.8 Å². The van der Waals surface area contributed by atoms with Gasteiger partial charge in [-0.15, -0.1) is 0 Å². The summed E-state index contributed by atoms with van der Waals surface area (Å²) in [6.45, 7) is 0.830. The summed E-state index contributed by atoms with van der Waals surface area (Å²) < 4.78 is 0. The summed E-state index contributed by atoms with van der Waals surface area (Å²) in [6, 6.07) is 0. The summed E-state index contributed by atoms with van der Waals surface area (Å²) in [5.41, 5.74) is 6.87. The molecule has 0 aromatic heterocycles. The summed E-state index contributed by atoms with van der Waals surface area (Å²) in [6.07, 6.45) is 11.5. The molecule has 1 rings (SSSR count). The third-order valence-electron chi connectivity index (χ3n) is 1.77. The molecule has 0 radical (unpaired) electrons. The van der Waals surface area contributed by atoms with E-state index in [1.54, 1.807) is 0 Å². The summed E-state index contributed by atoms with van der Waals surface area (Å²) in [5, 5.41) is 0. The van der Waals surface area contributed by atoms with E-state index in [9.17, 15) is 0 Å². The van der Waals surface area contributed by atoms with Crippen molar-refractivity contribution < 1.29 is 0 Å². The molecule has 0 aromatic carbocycles. The Morgan fingerprint density at radius 3 is 2.90 bits per heavy atom.